The van der Waals surface area contributed by atoms with E-state index in [0.29, 0.717) is 0 Å². The largest absolute Gasteiger partial charge is 0.399 e. The van der Waals surface area contributed by atoms with Crippen LogP contribution in [0.25, 0.3) is 28.3 Å². The fraction of sp³-hybridized carbons (Fsp3) is 0.0851. The number of nitrogen functional groups attached to an aromatic ring is 1. The molecule has 3 N–H and O–H groups in total. The SMILES string of the molecule is C=C/C(C)=C\C.C=C/C=C(\C=N)c1ccc(C)c(/C=C\C(=C)C(=C)/C=C\C(=C/C)c2ccc(-c3ccccc3)cc2)c1.Nc1ccccc1. The summed E-state index contributed by atoms with van der Waals surface area (Å²) in [5.74, 6) is 0. The Morgan fingerprint density at radius 1 is 0.673 bits per heavy atom. The summed E-state index contributed by atoms with van der Waals surface area (Å²) in [6.45, 7) is 23.9. The summed E-state index contributed by atoms with van der Waals surface area (Å²) in [5.41, 5.74) is 17.8. The van der Waals surface area contributed by atoms with Crippen molar-refractivity contribution in [2.75, 3.05) is 5.73 Å². The maximum atomic E-state index is 7.66. The standard InChI is InChI=1S/C35H33N.C6H7N.C6H10/c1-6-11-35(25-36)34-19-16-28(5)33(24-34)18-15-27(4)26(3)14-17-29(7-2)31-20-22-32(23-21-31)30-12-9-8-10-13-30;7-6-4-2-1-3-5-6;1-4-6(3)5-2/h6-25,36H,1,3-4H2,2,5H3;1-5H,7H2;4-5H,1H2,2-3H3/b17-14-,18-15-,29-7+,35-11+,36-25?;;6-5-. The summed E-state index contributed by atoms with van der Waals surface area (Å²) in [6.07, 6.45) is 19.0. The van der Waals surface area contributed by atoms with Crippen LogP contribution in [0.2, 0.25) is 0 Å². The van der Waals surface area contributed by atoms with E-state index in [1.807, 2.05) is 93.6 Å². The van der Waals surface area contributed by atoms with E-state index in [1.165, 1.54) is 22.9 Å². The van der Waals surface area contributed by atoms with Crippen molar-refractivity contribution in [3.63, 3.8) is 0 Å². The summed E-state index contributed by atoms with van der Waals surface area (Å²) in [5, 5.41) is 7.66. The lowest BCUT2D eigenvalue weighted by Crippen LogP contribution is -1.89. The zero-order chi connectivity index (χ0) is 36.0. The number of aryl methyl sites for hydroxylation is 1. The molecule has 0 saturated carbocycles. The van der Waals surface area contributed by atoms with Crippen molar-refractivity contribution in [1.29, 1.82) is 5.41 Å². The summed E-state index contributed by atoms with van der Waals surface area (Å²) in [7, 11) is 0. The van der Waals surface area contributed by atoms with Gasteiger partial charge in [0.1, 0.15) is 0 Å². The van der Waals surface area contributed by atoms with E-state index >= 15 is 0 Å². The Morgan fingerprint density at radius 2 is 1.24 bits per heavy atom. The Hall–Kier alpha value is -5.99. The van der Waals surface area contributed by atoms with Gasteiger partial charge in [-0.15, -0.1) is 0 Å². The Kier molecular flexibility index (Phi) is 17.4. The number of hydrogen-bond donors (Lipinski definition) is 2. The van der Waals surface area contributed by atoms with E-state index in [-0.39, 0.29) is 0 Å². The van der Waals surface area contributed by atoms with E-state index in [1.54, 1.807) is 6.08 Å². The van der Waals surface area contributed by atoms with Crippen molar-refractivity contribution in [3.05, 3.63) is 217 Å². The highest BCUT2D eigenvalue weighted by Gasteiger charge is 2.03. The van der Waals surface area contributed by atoms with Crippen LogP contribution in [0.1, 0.15) is 43.0 Å². The van der Waals surface area contributed by atoms with Crippen LogP contribution in [0.15, 0.2) is 195 Å². The number of allylic oxidation sites excluding steroid dienone is 13. The Labute approximate surface area is 295 Å². The molecule has 0 radical (unpaired) electrons. The molecule has 4 rings (SSSR count). The lowest BCUT2D eigenvalue weighted by Gasteiger charge is -2.07. The van der Waals surface area contributed by atoms with E-state index in [2.05, 4.69) is 112 Å². The molecule has 0 saturated heterocycles. The van der Waals surface area contributed by atoms with Crippen molar-refractivity contribution in [2.24, 2.45) is 0 Å². The molecule has 0 spiro atoms. The molecule has 0 unspecified atom stereocenters. The molecule has 4 aromatic carbocycles. The number of anilines is 1. The first-order valence-electron chi connectivity index (χ1n) is 16.2. The van der Waals surface area contributed by atoms with Gasteiger partial charge in [0.05, 0.1) is 0 Å². The molecule has 0 aromatic heterocycles. The summed E-state index contributed by atoms with van der Waals surface area (Å²) >= 11 is 0. The summed E-state index contributed by atoms with van der Waals surface area (Å²) in [6, 6.07) is 34.7. The normalized spacial score (nSPS) is 11.6. The van der Waals surface area contributed by atoms with Gasteiger partial charge in [-0.25, -0.2) is 0 Å². The maximum Gasteiger partial charge on any atom is 0.0313 e. The molecule has 0 bridgehead atoms. The van der Waals surface area contributed by atoms with Crippen molar-refractivity contribution < 1.29 is 0 Å². The minimum Gasteiger partial charge on any atom is -0.399 e. The van der Waals surface area contributed by atoms with Gasteiger partial charge < -0.3 is 11.1 Å². The van der Waals surface area contributed by atoms with Crippen molar-refractivity contribution in [2.45, 2.75) is 27.7 Å². The minimum atomic E-state index is 0.821. The number of benzene rings is 4. The molecule has 49 heavy (non-hydrogen) atoms. The molecule has 4 aromatic rings. The number of hydrogen-bond acceptors (Lipinski definition) is 2. The van der Waals surface area contributed by atoms with Gasteiger partial charge in [0.2, 0.25) is 0 Å². The number of nitrogens with one attached hydrogen (secondary N) is 1. The van der Waals surface area contributed by atoms with Gasteiger partial charge in [0.15, 0.2) is 0 Å². The third-order valence-electron chi connectivity index (χ3n) is 7.62. The topological polar surface area (TPSA) is 49.9 Å². The second-order valence-corrected chi connectivity index (χ2v) is 11.1. The van der Waals surface area contributed by atoms with Crippen LogP contribution in [0.5, 0.6) is 0 Å². The highest BCUT2D eigenvalue weighted by Crippen LogP contribution is 2.24. The first kappa shape index (κ1) is 39.2. The van der Waals surface area contributed by atoms with Gasteiger partial charge in [-0.3, -0.25) is 0 Å². The van der Waals surface area contributed by atoms with Crippen LogP contribution in [0.4, 0.5) is 5.69 Å². The lowest BCUT2D eigenvalue weighted by atomic mass is 9.98. The average Bonchev–Trinajstić information content (AvgIpc) is 3.14. The van der Waals surface area contributed by atoms with E-state index < -0.39 is 0 Å². The third-order valence-corrected chi connectivity index (χ3v) is 7.62. The van der Waals surface area contributed by atoms with E-state index in [4.69, 9.17) is 11.1 Å². The molecule has 0 aliphatic heterocycles. The lowest BCUT2D eigenvalue weighted by molar-refractivity contribution is 1.42. The zero-order valence-corrected chi connectivity index (χ0v) is 29.5. The van der Waals surface area contributed by atoms with Crippen LogP contribution in [-0.2, 0) is 0 Å². The molecular weight excluding hydrogens is 593 g/mol. The van der Waals surface area contributed by atoms with Gasteiger partial charge in [0.25, 0.3) is 0 Å². The molecule has 0 heterocycles. The molecular formula is C47H50N2. The van der Waals surface area contributed by atoms with E-state index in [0.717, 1.165) is 50.2 Å². The first-order valence-corrected chi connectivity index (χ1v) is 16.2. The smallest absolute Gasteiger partial charge is 0.0313 e. The average molecular weight is 643 g/mol. The maximum absolute atomic E-state index is 7.66. The van der Waals surface area contributed by atoms with Gasteiger partial charge in [-0.2, -0.15) is 0 Å². The quantitative estimate of drug-likeness (QED) is 0.0954. The van der Waals surface area contributed by atoms with Crippen LogP contribution in [0, 0.1) is 12.3 Å². The van der Waals surface area contributed by atoms with Gasteiger partial charge in [-0.05, 0) is 102 Å². The predicted molar refractivity (Wildman–Crippen MR) is 221 cm³/mol. The Bertz CT molecular complexity index is 1840. The van der Waals surface area contributed by atoms with Crippen molar-refractivity contribution in [1.82, 2.24) is 0 Å². The van der Waals surface area contributed by atoms with E-state index in [9.17, 15) is 0 Å². The summed E-state index contributed by atoms with van der Waals surface area (Å²) < 4.78 is 0. The monoisotopic (exact) mass is 642 g/mol. The minimum absolute atomic E-state index is 0.821. The van der Waals surface area contributed by atoms with Crippen LogP contribution >= 0.6 is 0 Å². The predicted octanol–water partition coefficient (Wildman–Crippen LogP) is 13.1. The second kappa shape index (κ2) is 21.7. The number of nitrogens with two attached hydrogens (primary N) is 1. The second-order valence-electron chi connectivity index (χ2n) is 11.1. The number of para-hydroxylation sites is 1. The highest BCUT2D eigenvalue weighted by atomic mass is 14.5. The van der Waals surface area contributed by atoms with Gasteiger partial charge >= 0.3 is 0 Å². The number of rotatable bonds is 11. The fourth-order valence-corrected chi connectivity index (χ4v) is 4.36. The highest BCUT2D eigenvalue weighted by molar-refractivity contribution is 6.08. The molecule has 0 fully saturated rings. The molecule has 0 aliphatic carbocycles. The molecule has 0 amide bonds. The Balaban J connectivity index is 0.000000534. The third kappa shape index (κ3) is 13.7. The molecule has 2 nitrogen and oxygen atoms in total. The van der Waals surface area contributed by atoms with Crippen LogP contribution in [-0.4, -0.2) is 6.21 Å². The van der Waals surface area contributed by atoms with Crippen molar-refractivity contribution >= 4 is 29.1 Å². The van der Waals surface area contributed by atoms with Crippen molar-refractivity contribution in [3.8, 4) is 11.1 Å². The molecule has 0 aliphatic rings. The van der Waals surface area contributed by atoms with Gasteiger partial charge in [0, 0.05) is 11.9 Å². The fourth-order valence-electron chi connectivity index (χ4n) is 4.36. The molecule has 0 atom stereocenters. The molecule has 248 valence electrons. The van der Waals surface area contributed by atoms with Crippen LogP contribution < -0.4 is 5.73 Å². The summed E-state index contributed by atoms with van der Waals surface area (Å²) in [4.78, 5) is 0. The molecule has 2 heteroatoms. The van der Waals surface area contributed by atoms with Gasteiger partial charge in [-0.1, -0.05) is 172 Å². The van der Waals surface area contributed by atoms with Crippen LogP contribution in [0.3, 0.4) is 0 Å². The Morgan fingerprint density at radius 3 is 1.73 bits per heavy atom. The zero-order valence-electron chi connectivity index (χ0n) is 29.5. The first-order chi connectivity index (χ1) is 23.7.